The van der Waals surface area contributed by atoms with E-state index in [2.05, 4.69) is 25.3 Å². The predicted octanol–water partition coefficient (Wildman–Crippen LogP) is 3.11. The molecule has 84 valence electrons. The van der Waals surface area contributed by atoms with Gasteiger partial charge in [0.05, 0.1) is 0 Å². The topological polar surface area (TPSA) is 20.3 Å². The van der Waals surface area contributed by atoms with E-state index < -0.39 is 0 Å². The smallest absolute Gasteiger partial charge is 0.157 e. The third-order valence-corrected chi connectivity index (χ3v) is 3.57. The Hall–Kier alpha value is -1.05. The van der Waals surface area contributed by atoms with Gasteiger partial charge >= 0.3 is 0 Å². The summed E-state index contributed by atoms with van der Waals surface area (Å²) in [5.41, 5.74) is 2.04. The third-order valence-electron chi connectivity index (χ3n) is 3.57. The van der Waals surface area contributed by atoms with E-state index in [-0.39, 0.29) is 5.78 Å². The normalized spacial score (nSPS) is 30.0. The molecule has 0 N–H and O–H groups in total. The van der Waals surface area contributed by atoms with Gasteiger partial charge in [-0.1, -0.05) is 13.5 Å². The van der Waals surface area contributed by atoms with Crippen LogP contribution in [-0.2, 0) is 4.79 Å². The highest BCUT2D eigenvalue weighted by Gasteiger charge is 2.27. The average molecular weight is 207 g/mol. The highest BCUT2D eigenvalue weighted by Crippen LogP contribution is 2.32. The quantitative estimate of drug-likeness (QED) is 0.648. The van der Waals surface area contributed by atoms with Crippen molar-refractivity contribution in [1.82, 2.24) is 4.90 Å². The van der Waals surface area contributed by atoms with E-state index in [9.17, 15) is 4.79 Å². The predicted molar refractivity (Wildman–Crippen MR) is 63.3 cm³/mol. The van der Waals surface area contributed by atoms with Crippen LogP contribution in [0.2, 0.25) is 0 Å². The first-order chi connectivity index (χ1) is 6.99. The van der Waals surface area contributed by atoms with Crippen LogP contribution in [0.4, 0.5) is 0 Å². The van der Waals surface area contributed by atoms with Crippen LogP contribution in [0.1, 0.15) is 40.5 Å². The van der Waals surface area contributed by atoms with Crippen LogP contribution in [0.3, 0.4) is 0 Å². The van der Waals surface area contributed by atoms with Gasteiger partial charge in [-0.15, -0.1) is 0 Å². The van der Waals surface area contributed by atoms with Gasteiger partial charge in [-0.25, -0.2) is 0 Å². The minimum absolute atomic E-state index is 0.165. The number of likely N-dealkylation sites (tertiary alicyclic amines) is 1. The molecule has 1 aliphatic heterocycles. The summed E-state index contributed by atoms with van der Waals surface area (Å²) in [5.74, 6) is 0.824. The van der Waals surface area contributed by atoms with Gasteiger partial charge in [-0.2, -0.15) is 0 Å². The maximum atomic E-state index is 11.4. The van der Waals surface area contributed by atoms with E-state index in [1.165, 1.54) is 0 Å². The highest BCUT2D eigenvalue weighted by atomic mass is 16.1. The first kappa shape index (κ1) is 12.0. The summed E-state index contributed by atoms with van der Waals surface area (Å²) in [5, 5.41) is 0. The van der Waals surface area contributed by atoms with Crippen molar-refractivity contribution in [3.8, 4) is 0 Å². The number of ketones is 1. The number of carbonyl (C=O) groups excluding carboxylic acids is 1. The van der Waals surface area contributed by atoms with Crippen molar-refractivity contribution in [3.05, 3.63) is 24.0 Å². The molecule has 0 amide bonds. The summed E-state index contributed by atoms with van der Waals surface area (Å²) in [6, 6.07) is 0.445. The van der Waals surface area contributed by atoms with E-state index >= 15 is 0 Å². The molecule has 2 atom stereocenters. The fourth-order valence-electron chi connectivity index (χ4n) is 2.12. The first-order valence-corrected chi connectivity index (χ1v) is 5.60. The van der Waals surface area contributed by atoms with Gasteiger partial charge in [0.2, 0.25) is 0 Å². The zero-order valence-corrected chi connectivity index (χ0v) is 10.2. The Morgan fingerprint density at radius 2 is 2.07 bits per heavy atom. The van der Waals surface area contributed by atoms with Crippen molar-refractivity contribution >= 4 is 5.78 Å². The summed E-state index contributed by atoms with van der Waals surface area (Å²) in [6.07, 6.45) is 4.00. The molecule has 0 saturated carbocycles. The summed E-state index contributed by atoms with van der Waals surface area (Å²) in [4.78, 5) is 13.5. The number of rotatable bonds is 2. The molecule has 1 saturated heterocycles. The van der Waals surface area contributed by atoms with Crippen molar-refractivity contribution in [2.24, 2.45) is 5.92 Å². The molecular weight excluding hydrogens is 186 g/mol. The Morgan fingerprint density at radius 1 is 1.47 bits per heavy atom. The summed E-state index contributed by atoms with van der Waals surface area (Å²) < 4.78 is 0. The number of hydrogen-bond donors (Lipinski definition) is 0. The number of Topliss-reactive ketones (excluding diaryl/α,β-unsaturated/α-hetero) is 1. The van der Waals surface area contributed by atoms with Gasteiger partial charge in [0, 0.05) is 17.3 Å². The lowest BCUT2D eigenvalue weighted by Gasteiger charge is -2.40. The first-order valence-electron chi connectivity index (χ1n) is 5.60. The highest BCUT2D eigenvalue weighted by molar-refractivity contribution is 5.93. The number of hydrogen-bond acceptors (Lipinski definition) is 2. The van der Waals surface area contributed by atoms with Crippen LogP contribution < -0.4 is 0 Å². The molecule has 15 heavy (non-hydrogen) atoms. The lowest BCUT2D eigenvalue weighted by Crippen LogP contribution is -2.38. The second-order valence-corrected chi connectivity index (χ2v) is 4.47. The van der Waals surface area contributed by atoms with Crippen molar-refractivity contribution in [2.75, 3.05) is 0 Å². The minimum Gasteiger partial charge on any atom is -0.349 e. The zero-order valence-electron chi connectivity index (χ0n) is 10.2. The van der Waals surface area contributed by atoms with Gasteiger partial charge < -0.3 is 4.90 Å². The van der Waals surface area contributed by atoms with Gasteiger partial charge in [0.15, 0.2) is 5.78 Å². The van der Waals surface area contributed by atoms with Crippen molar-refractivity contribution in [1.29, 1.82) is 0 Å². The van der Waals surface area contributed by atoms with Gasteiger partial charge in [0.1, 0.15) is 0 Å². The van der Waals surface area contributed by atoms with Crippen LogP contribution in [-0.4, -0.2) is 16.7 Å². The van der Waals surface area contributed by atoms with Crippen LogP contribution in [0, 0.1) is 5.92 Å². The Balaban J connectivity index is 3.05. The Morgan fingerprint density at radius 3 is 2.53 bits per heavy atom. The van der Waals surface area contributed by atoms with Crippen molar-refractivity contribution in [2.45, 2.75) is 46.6 Å². The largest absolute Gasteiger partial charge is 0.349 e. The molecular formula is C13H21NO. The van der Waals surface area contributed by atoms with E-state index in [0.29, 0.717) is 12.0 Å². The molecule has 0 radical (unpaired) electrons. The molecule has 0 aliphatic carbocycles. The van der Waals surface area contributed by atoms with Gasteiger partial charge in [-0.05, 0) is 45.7 Å². The van der Waals surface area contributed by atoms with Crippen LogP contribution in [0.15, 0.2) is 24.0 Å². The van der Waals surface area contributed by atoms with Crippen molar-refractivity contribution < 1.29 is 4.79 Å². The fourth-order valence-corrected chi connectivity index (χ4v) is 2.12. The van der Waals surface area contributed by atoms with Crippen LogP contribution in [0.25, 0.3) is 0 Å². The van der Waals surface area contributed by atoms with E-state index in [1.807, 2.05) is 13.1 Å². The molecule has 1 rings (SSSR count). The second kappa shape index (κ2) is 4.65. The fraction of sp³-hybridized carbons (Fsp3) is 0.615. The minimum atomic E-state index is 0.165. The summed E-state index contributed by atoms with van der Waals surface area (Å²) in [7, 11) is 0. The number of piperidine rings is 1. The second-order valence-electron chi connectivity index (χ2n) is 4.47. The molecule has 0 aromatic rings. The summed E-state index contributed by atoms with van der Waals surface area (Å²) >= 11 is 0. The zero-order chi connectivity index (χ0) is 11.6. The number of allylic oxidation sites excluding steroid dienone is 2. The lowest BCUT2D eigenvalue weighted by molar-refractivity contribution is -0.113. The molecule has 0 aromatic heterocycles. The third kappa shape index (κ3) is 2.31. The van der Waals surface area contributed by atoms with Gasteiger partial charge in [0.25, 0.3) is 0 Å². The molecule has 2 unspecified atom stereocenters. The van der Waals surface area contributed by atoms with E-state index in [4.69, 9.17) is 0 Å². The van der Waals surface area contributed by atoms with Gasteiger partial charge in [-0.3, -0.25) is 4.79 Å². The number of nitrogens with zero attached hydrogens (tertiary/aromatic N) is 1. The Kier molecular flexibility index (Phi) is 3.72. The molecule has 0 aromatic carbocycles. The average Bonchev–Trinajstić information content (AvgIpc) is 2.20. The Bertz CT molecular complexity index is 304. The molecule has 0 bridgehead atoms. The van der Waals surface area contributed by atoms with Crippen LogP contribution in [0.5, 0.6) is 0 Å². The molecule has 2 nitrogen and oxygen atoms in total. The lowest BCUT2D eigenvalue weighted by atomic mass is 9.88. The molecule has 1 fully saturated rings. The molecule has 2 heteroatoms. The van der Waals surface area contributed by atoms with E-state index in [1.54, 1.807) is 6.92 Å². The SMILES string of the molecule is C=CN1/C(=C(\C)C(C)=O)CCC(C)C1C. The Labute approximate surface area is 92.7 Å². The standard InChI is InChI=1S/C13H21NO/c1-6-14-11(4)9(2)7-8-13(14)10(3)12(5)15/h6,9,11H,1,7-8H2,2-5H3/b13-10+. The maximum absolute atomic E-state index is 11.4. The number of carbonyl (C=O) groups is 1. The van der Waals surface area contributed by atoms with E-state index in [0.717, 1.165) is 24.1 Å². The monoisotopic (exact) mass is 207 g/mol. The molecule has 1 aliphatic rings. The van der Waals surface area contributed by atoms with Crippen LogP contribution >= 0.6 is 0 Å². The molecule has 1 heterocycles. The maximum Gasteiger partial charge on any atom is 0.157 e. The van der Waals surface area contributed by atoms with Crippen molar-refractivity contribution in [3.63, 3.8) is 0 Å². The molecule has 0 spiro atoms. The summed E-state index contributed by atoms with van der Waals surface area (Å²) in [6.45, 7) is 11.8.